The Morgan fingerprint density at radius 1 is 1.82 bits per heavy atom. The first-order valence-electron chi connectivity index (χ1n) is 2.90. The summed E-state index contributed by atoms with van der Waals surface area (Å²) in [4.78, 5) is 14.4. The largest absolute Gasteiger partial charge is 0.476 e. The number of carboxylic acids is 1. The monoisotopic (exact) mass is 175 g/mol. The maximum Gasteiger partial charge on any atom is 0.365 e. The molecule has 60 valence electrons. The molecule has 1 aromatic rings. The summed E-state index contributed by atoms with van der Waals surface area (Å²) < 4.78 is 12.0. The van der Waals surface area contributed by atoms with Crippen molar-refractivity contribution in [3.8, 4) is 0 Å². The summed E-state index contributed by atoms with van der Waals surface area (Å²) in [7, 11) is 0. The molecule has 0 bridgehead atoms. The second kappa shape index (κ2) is 2.96. The van der Waals surface area contributed by atoms with E-state index in [0.29, 0.717) is 10.6 Å². The van der Waals surface area contributed by atoms with Crippen LogP contribution in [0.3, 0.4) is 0 Å². The third kappa shape index (κ3) is 1.54. The van der Waals surface area contributed by atoms with E-state index in [0.717, 1.165) is 11.3 Å². The van der Waals surface area contributed by atoms with Crippen LogP contribution in [0.5, 0.6) is 0 Å². The molecule has 0 fully saturated rings. The molecule has 1 N–H and O–H groups in total. The molecule has 0 unspecified atom stereocenters. The van der Waals surface area contributed by atoms with Crippen molar-refractivity contribution in [2.24, 2.45) is 0 Å². The number of carbonyl (C=O) groups is 1. The van der Waals surface area contributed by atoms with Gasteiger partial charge >= 0.3 is 5.97 Å². The summed E-state index contributed by atoms with van der Waals surface area (Å²) in [5.41, 5.74) is 0.468. The van der Waals surface area contributed by atoms with Crippen molar-refractivity contribution in [2.75, 3.05) is 0 Å². The Labute approximate surface area is 66.5 Å². The maximum absolute atomic E-state index is 12.0. The van der Waals surface area contributed by atoms with Crippen LogP contribution < -0.4 is 0 Å². The fourth-order valence-corrected chi connectivity index (χ4v) is 1.39. The van der Waals surface area contributed by atoms with Gasteiger partial charge in [-0.15, -0.1) is 11.3 Å². The van der Waals surface area contributed by atoms with Crippen molar-refractivity contribution < 1.29 is 14.3 Å². The smallest absolute Gasteiger partial charge is 0.365 e. The molecule has 0 saturated carbocycles. The number of rotatable bonds is 2. The van der Waals surface area contributed by atoms with Gasteiger partial charge in [0.2, 0.25) is 5.01 Å². The molecule has 0 aliphatic carbocycles. The van der Waals surface area contributed by atoms with E-state index < -0.39 is 12.6 Å². The van der Waals surface area contributed by atoms with Gasteiger partial charge in [0, 0.05) is 0 Å². The Hall–Kier alpha value is -0.970. The molecule has 0 saturated heterocycles. The first kappa shape index (κ1) is 8.13. The molecule has 0 aliphatic rings. The van der Waals surface area contributed by atoms with E-state index in [1.807, 2.05) is 0 Å². The number of aromatic carboxylic acids is 1. The highest BCUT2D eigenvalue weighted by Gasteiger charge is 2.11. The van der Waals surface area contributed by atoms with E-state index in [-0.39, 0.29) is 5.01 Å². The predicted octanol–water partition coefficient (Wildman–Crippen LogP) is 1.62. The van der Waals surface area contributed by atoms with E-state index in [2.05, 4.69) is 4.98 Å². The minimum Gasteiger partial charge on any atom is -0.476 e. The lowest BCUT2D eigenvalue weighted by Gasteiger charge is -1.82. The lowest BCUT2D eigenvalue weighted by Crippen LogP contribution is -1.93. The molecule has 0 atom stereocenters. The van der Waals surface area contributed by atoms with E-state index in [4.69, 9.17) is 5.11 Å². The molecule has 1 rings (SSSR count). The molecule has 3 nitrogen and oxygen atoms in total. The number of aromatic nitrogens is 1. The van der Waals surface area contributed by atoms with Crippen molar-refractivity contribution in [3.63, 3.8) is 0 Å². The van der Waals surface area contributed by atoms with Crippen LogP contribution in [-0.2, 0) is 6.67 Å². The van der Waals surface area contributed by atoms with Crippen molar-refractivity contribution in [2.45, 2.75) is 13.6 Å². The van der Waals surface area contributed by atoms with Gasteiger partial charge in [-0.25, -0.2) is 14.2 Å². The van der Waals surface area contributed by atoms with Gasteiger partial charge in [-0.1, -0.05) is 0 Å². The average Bonchev–Trinajstić information content (AvgIpc) is 2.31. The van der Waals surface area contributed by atoms with Crippen molar-refractivity contribution in [1.82, 2.24) is 4.98 Å². The van der Waals surface area contributed by atoms with E-state index in [9.17, 15) is 9.18 Å². The van der Waals surface area contributed by atoms with Crippen LogP contribution in [0, 0.1) is 6.92 Å². The zero-order valence-electron chi connectivity index (χ0n) is 5.80. The Bertz CT molecular complexity index is 284. The zero-order chi connectivity index (χ0) is 8.43. The SMILES string of the molecule is Cc1nc(C(=O)O)sc1CF. The number of carboxylic acid groups (broad SMARTS) is 1. The minimum atomic E-state index is -1.10. The number of thiazole rings is 1. The number of nitrogens with zero attached hydrogens (tertiary/aromatic N) is 1. The molecule has 0 amide bonds. The molecule has 0 aromatic carbocycles. The maximum atomic E-state index is 12.0. The highest BCUT2D eigenvalue weighted by atomic mass is 32.1. The zero-order valence-corrected chi connectivity index (χ0v) is 6.61. The van der Waals surface area contributed by atoms with Crippen LogP contribution in [0.4, 0.5) is 4.39 Å². The minimum absolute atomic E-state index is 0.0462. The van der Waals surface area contributed by atoms with E-state index in [1.54, 1.807) is 6.92 Å². The van der Waals surface area contributed by atoms with Crippen LogP contribution in [0.15, 0.2) is 0 Å². The second-order valence-corrected chi connectivity index (χ2v) is 3.05. The molecular weight excluding hydrogens is 169 g/mol. The number of hydrogen-bond acceptors (Lipinski definition) is 3. The normalized spacial score (nSPS) is 10.0. The van der Waals surface area contributed by atoms with Gasteiger partial charge in [0.1, 0.15) is 6.67 Å². The van der Waals surface area contributed by atoms with Crippen LogP contribution in [0.2, 0.25) is 0 Å². The van der Waals surface area contributed by atoms with Crippen LogP contribution in [0.1, 0.15) is 20.4 Å². The number of alkyl halides is 1. The highest BCUT2D eigenvalue weighted by molar-refractivity contribution is 7.13. The van der Waals surface area contributed by atoms with Gasteiger partial charge in [0.25, 0.3) is 0 Å². The summed E-state index contributed by atoms with van der Waals surface area (Å²) in [6, 6.07) is 0. The lowest BCUT2D eigenvalue weighted by molar-refractivity contribution is 0.0696. The van der Waals surface area contributed by atoms with Crippen LogP contribution in [-0.4, -0.2) is 16.1 Å². The third-order valence-electron chi connectivity index (χ3n) is 1.20. The fourth-order valence-electron chi connectivity index (χ4n) is 0.643. The third-order valence-corrected chi connectivity index (χ3v) is 2.31. The average molecular weight is 175 g/mol. The van der Waals surface area contributed by atoms with Gasteiger partial charge in [0.05, 0.1) is 10.6 Å². The van der Waals surface area contributed by atoms with E-state index >= 15 is 0 Å². The van der Waals surface area contributed by atoms with Gasteiger partial charge in [-0.2, -0.15) is 0 Å². The molecule has 0 aliphatic heterocycles. The highest BCUT2D eigenvalue weighted by Crippen LogP contribution is 2.18. The molecule has 5 heteroatoms. The van der Waals surface area contributed by atoms with Gasteiger partial charge in [-0.3, -0.25) is 0 Å². The van der Waals surface area contributed by atoms with Gasteiger partial charge in [0.15, 0.2) is 0 Å². The summed E-state index contributed by atoms with van der Waals surface area (Å²) in [6.45, 7) is 0.953. The Morgan fingerprint density at radius 3 is 2.73 bits per heavy atom. The number of halogens is 1. The lowest BCUT2D eigenvalue weighted by atomic mass is 10.4. The van der Waals surface area contributed by atoms with Crippen molar-refractivity contribution in [1.29, 1.82) is 0 Å². The van der Waals surface area contributed by atoms with E-state index in [1.165, 1.54) is 0 Å². The standard InChI is InChI=1S/C6H6FNO2S/c1-3-4(2-7)11-5(8-3)6(9)10/h2H2,1H3,(H,9,10). The summed E-state index contributed by atoms with van der Waals surface area (Å²) in [6.07, 6.45) is 0. The Kier molecular flexibility index (Phi) is 2.19. The Balaban J connectivity index is 3.05. The molecular formula is C6H6FNO2S. The summed E-state index contributed by atoms with van der Waals surface area (Å²) in [5, 5.41) is 8.40. The fraction of sp³-hybridized carbons (Fsp3) is 0.333. The summed E-state index contributed by atoms with van der Waals surface area (Å²) in [5.74, 6) is -1.10. The summed E-state index contributed by atoms with van der Waals surface area (Å²) >= 11 is 0.882. The van der Waals surface area contributed by atoms with Gasteiger partial charge in [-0.05, 0) is 6.92 Å². The van der Waals surface area contributed by atoms with Gasteiger partial charge < -0.3 is 5.11 Å². The predicted molar refractivity (Wildman–Crippen MR) is 38.6 cm³/mol. The Morgan fingerprint density at radius 2 is 2.45 bits per heavy atom. The van der Waals surface area contributed by atoms with Crippen molar-refractivity contribution in [3.05, 3.63) is 15.6 Å². The topological polar surface area (TPSA) is 50.2 Å². The van der Waals surface area contributed by atoms with Crippen LogP contribution >= 0.6 is 11.3 Å². The van der Waals surface area contributed by atoms with Crippen LogP contribution in [0.25, 0.3) is 0 Å². The molecule has 0 spiro atoms. The van der Waals surface area contributed by atoms with Crippen molar-refractivity contribution >= 4 is 17.3 Å². The molecule has 11 heavy (non-hydrogen) atoms. The quantitative estimate of drug-likeness (QED) is 0.743. The molecule has 1 heterocycles. The first-order valence-corrected chi connectivity index (χ1v) is 3.72. The number of aryl methyl sites for hydroxylation is 1. The molecule has 0 radical (unpaired) electrons. The molecule has 1 aromatic heterocycles. The number of hydrogen-bond donors (Lipinski definition) is 1. The second-order valence-electron chi connectivity index (χ2n) is 1.97. The first-order chi connectivity index (χ1) is 5.15.